The van der Waals surface area contributed by atoms with E-state index < -0.39 is 17.3 Å². The molecule has 0 saturated heterocycles. The molecule has 2 heterocycles. The number of amides is 1. The van der Waals surface area contributed by atoms with Crippen LogP contribution in [0.2, 0.25) is 5.02 Å². The second kappa shape index (κ2) is 6.96. The average molecular weight is 387 g/mol. The molecule has 0 spiro atoms. The van der Waals surface area contributed by atoms with Crippen LogP contribution in [0.1, 0.15) is 5.56 Å². The number of aromatic nitrogens is 1. The number of hydrogen-bond acceptors (Lipinski definition) is 3. The largest absolute Gasteiger partial charge is 0.493 e. The van der Waals surface area contributed by atoms with Crippen LogP contribution in [0.5, 0.6) is 5.75 Å². The van der Waals surface area contributed by atoms with Gasteiger partial charge in [-0.25, -0.2) is 13.8 Å². The number of hydrogen-bond donors (Lipinski definition) is 0. The summed E-state index contributed by atoms with van der Waals surface area (Å²) in [5.74, 6) is -0.835. The molecule has 0 fully saturated rings. The first-order chi connectivity index (χ1) is 13.1. The number of fused-ring (bicyclic) bond motifs is 1. The van der Waals surface area contributed by atoms with E-state index in [0.717, 1.165) is 45.9 Å². The van der Waals surface area contributed by atoms with E-state index in [1.54, 1.807) is 12.1 Å². The van der Waals surface area contributed by atoms with Gasteiger partial charge in [-0.05, 0) is 42.0 Å². The van der Waals surface area contributed by atoms with Crippen molar-refractivity contribution in [3.05, 3.63) is 70.9 Å². The third-order valence-corrected chi connectivity index (χ3v) is 4.68. The number of nitrogens with zero attached hydrogens (tertiary/aromatic N) is 2. The highest BCUT2D eigenvalue weighted by atomic mass is 35.5. The predicted octanol–water partition coefficient (Wildman–Crippen LogP) is 4.91. The van der Waals surface area contributed by atoms with Gasteiger partial charge in [-0.3, -0.25) is 9.69 Å². The molecule has 4 nitrogen and oxygen atoms in total. The lowest BCUT2D eigenvalue weighted by molar-refractivity contribution is -0.106. The summed E-state index contributed by atoms with van der Waals surface area (Å²) < 4.78 is 33.5. The summed E-state index contributed by atoms with van der Waals surface area (Å²) in [6.07, 6.45) is 2.63. The van der Waals surface area contributed by atoms with Crippen LogP contribution in [0.25, 0.3) is 11.1 Å². The van der Waals surface area contributed by atoms with Gasteiger partial charge < -0.3 is 4.74 Å². The lowest BCUT2D eigenvalue weighted by Gasteiger charge is -2.18. The molecular weight excluding hydrogens is 374 g/mol. The lowest BCUT2D eigenvalue weighted by atomic mass is 10.0. The molecule has 0 bridgehead atoms. The fourth-order valence-electron chi connectivity index (χ4n) is 3.05. The molecule has 0 N–H and O–H groups in total. The number of ether oxygens (including phenoxy) is 1. The first kappa shape index (κ1) is 17.4. The maximum absolute atomic E-state index is 14.0. The number of rotatable bonds is 4. The molecule has 1 aliphatic rings. The highest BCUT2D eigenvalue weighted by Gasteiger charge is 2.20. The Bertz CT molecular complexity index is 1000. The van der Waals surface area contributed by atoms with Gasteiger partial charge in [0.1, 0.15) is 28.9 Å². The molecule has 0 saturated carbocycles. The molecule has 0 radical (unpaired) electrons. The standard InChI is InChI=1S/C20H13ClF2N2O2/c21-15-9-18-12(6-7-27-18)8-14(15)13-4-5-19(24-10-13)25(11-26)20-16(22)2-1-3-17(20)23/h1-5,8-11H,6-7H2. The molecule has 4 rings (SSSR count). The third-order valence-electron chi connectivity index (χ3n) is 4.37. The van der Waals surface area contributed by atoms with E-state index in [0.29, 0.717) is 18.0 Å². The van der Waals surface area contributed by atoms with Crippen LogP contribution in [-0.2, 0) is 11.2 Å². The van der Waals surface area contributed by atoms with Crippen molar-refractivity contribution in [3.63, 3.8) is 0 Å². The number of anilines is 2. The van der Waals surface area contributed by atoms with Crippen molar-refractivity contribution in [1.82, 2.24) is 4.98 Å². The van der Waals surface area contributed by atoms with Gasteiger partial charge in [0.05, 0.1) is 11.6 Å². The van der Waals surface area contributed by atoms with Gasteiger partial charge in [0, 0.05) is 23.7 Å². The Morgan fingerprint density at radius 1 is 1.15 bits per heavy atom. The van der Waals surface area contributed by atoms with Gasteiger partial charge in [0.2, 0.25) is 6.41 Å². The predicted molar refractivity (Wildman–Crippen MR) is 98.4 cm³/mol. The Kier molecular flexibility index (Phi) is 4.49. The maximum atomic E-state index is 14.0. The summed E-state index contributed by atoms with van der Waals surface area (Å²) in [5.41, 5.74) is 2.08. The number of halogens is 3. The zero-order valence-electron chi connectivity index (χ0n) is 14.0. The van der Waals surface area contributed by atoms with E-state index in [4.69, 9.17) is 16.3 Å². The minimum Gasteiger partial charge on any atom is -0.493 e. The van der Waals surface area contributed by atoms with Crippen LogP contribution in [-0.4, -0.2) is 18.0 Å². The Balaban J connectivity index is 1.71. The minimum atomic E-state index is -0.852. The summed E-state index contributed by atoms with van der Waals surface area (Å²) in [7, 11) is 0. The van der Waals surface area contributed by atoms with E-state index in [-0.39, 0.29) is 5.82 Å². The molecular formula is C20H13ClF2N2O2. The third kappa shape index (κ3) is 3.13. The molecule has 0 aliphatic carbocycles. The van der Waals surface area contributed by atoms with Crippen molar-refractivity contribution in [2.45, 2.75) is 6.42 Å². The van der Waals surface area contributed by atoms with E-state index in [1.807, 2.05) is 6.07 Å². The monoisotopic (exact) mass is 386 g/mol. The minimum absolute atomic E-state index is 0.0957. The summed E-state index contributed by atoms with van der Waals surface area (Å²) in [6.45, 7) is 0.620. The van der Waals surface area contributed by atoms with Crippen LogP contribution in [0, 0.1) is 11.6 Å². The average Bonchev–Trinajstić information content (AvgIpc) is 3.12. The Labute approximate surface area is 159 Å². The highest BCUT2D eigenvalue weighted by Crippen LogP contribution is 2.37. The van der Waals surface area contributed by atoms with Crippen molar-refractivity contribution in [2.75, 3.05) is 11.5 Å². The fraction of sp³-hybridized carbons (Fsp3) is 0.100. The topological polar surface area (TPSA) is 42.4 Å². The molecule has 0 unspecified atom stereocenters. The summed E-state index contributed by atoms with van der Waals surface area (Å²) >= 11 is 6.34. The number of para-hydroxylation sites is 1. The first-order valence-electron chi connectivity index (χ1n) is 8.18. The van der Waals surface area contributed by atoms with Crippen LogP contribution < -0.4 is 9.64 Å². The molecule has 0 atom stereocenters. The van der Waals surface area contributed by atoms with E-state index in [1.165, 1.54) is 18.3 Å². The first-order valence-corrected chi connectivity index (χ1v) is 8.56. The van der Waals surface area contributed by atoms with Gasteiger partial charge in [0.15, 0.2) is 0 Å². The maximum Gasteiger partial charge on any atom is 0.220 e. The van der Waals surface area contributed by atoms with Gasteiger partial charge in [-0.2, -0.15) is 0 Å². The van der Waals surface area contributed by atoms with Gasteiger partial charge in [0.25, 0.3) is 0 Å². The van der Waals surface area contributed by atoms with Crippen LogP contribution in [0.15, 0.2) is 48.7 Å². The lowest BCUT2D eigenvalue weighted by Crippen LogP contribution is -2.18. The summed E-state index contributed by atoms with van der Waals surface area (Å²) in [4.78, 5) is 16.5. The molecule has 7 heteroatoms. The second-order valence-corrected chi connectivity index (χ2v) is 6.40. The fourth-order valence-corrected chi connectivity index (χ4v) is 3.31. The van der Waals surface area contributed by atoms with Crippen LogP contribution >= 0.6 is 11.6 Å². The number of pyridine rings is 1. The highest BCUT2D eigenvalue weighted by molar-refractivity contribution is 6.33. The number of carbonyl (C=O) groups excluding carboxylic acids is 1. The van der Waals surface area contributed by atoms with Gasteiger partial charge in [-0.15, -0.1) is 0 Å². The van der Waals surface area contributed by atoms with Crippen molar-refractivity contribution in [1.29, 1.82) is 0 Å². The van der Waals surface area contributed by atoms with Crippen molar-refractivity contribution in [2.24, 2.45) is 0 Å². The van der Waals surface area contributed by atoms with Crippen LogP contribution in [0.4, 0.5) is 20.3 Å². The molecule has 1 aliphatic heterocycles. The van der Waals surface area contributed by atoms with E-state index in [2.05, 4.69) is 4.98 Å². The van der Waals surface area contributed by atoms with Gasteiger partial charge >= 0.3 is 0 Å². The molecule has 27 heavy (non-hydrogen) atoms. The quantitative estimate of drug-likeness (QED) is 0.598. The second-order valence-electron chi connectivity index (χ2n) is 5.99. The molecule has 1 amide bonds. The zero-order valence-corrected chi connectivity index (χ0v) is 14.7. The molecule has 136 valence electrons. The summed E-state index contributed by atoms with van der Waals surface area (Å²) in [6, 6.07) is 10.3. The number of benzene rings is 2. The summed E-state index contributed by atoms with van der Waals surface area (Å²) in [5, 5.41) is 0.512. The molecule has 1 aromatic heterocycles. The van der Waals surface area contributed by atoms with Crippen LogP contribution in [0.3, 0.4) is 0 Å². The zero-order chi connectivity index (χ0) is 19.0. The van der Waals surface area contributed by atoms with E-state index in [9.17, 15) is 13.6 Å². The van der Waals surface area contributed by atoms with Crippen molar-refractivity contribution >= 4 is 29.5 Å². The molecule has 3 aromatic rings. The van der Waals surface area contributed by atoms with E-state index >= 15 is 0 Å². The Hall–Kier alpha value is -2.99. The van der Waals surface area contributed by atoms with Crippen molar-refractivity contribution in [3.8, 4) is 16.9 Å². The number of carbonyl (C=O) groups is 1. The SMILES string of the molecule is O=CN(c1ccc(-c2cc3c(cc2Cl)OCC3)cn1)c1c(F)cccc1F. The Morgan fingerprint density at radius 3 is 2.59 bits per heavy atom. The normalized spacial score (nSPS) is 12.4. The smallest absolute Gasteiger partial charge is 0.220 e. The molecule has 2 aromatic carbocycles. The Morgan fingerprint density at radius 2 is 1.93 bits per heavy atom. The van der Waals surface area contributed by atoms with Gasteiger partial charge in [-0.1, -0.05) is 17.7 Å². The van der Waals surface area contributed by atoms with Crippen molar-refractivity contribution < 1.29 is 18.3 Å².